The lowest BCUT2D eigenvalue weighted by atomic mass is 9.86. The quantitative estimate of drug-likeness (QED) is 0.293. The number of aryl methyl sites for hydroxylation is 1. The molecule has 3 rings (SSSR count). The zero-order chi connectivity index (χ0) is 30.5. The number of amides is 2. The van der Waals surface area contributed by atoms with E-state index < -0.39 is 21.7 Å². The molecule has 1 fully saturated rings. The number of hydrogen-bond acceptors (Lipinski definition) is 8. The van der Waals surface area contributed by atoms with Crippen LogP contribution in [0.15, 0.2) is 23.1 Å². The van der Waals surface area contributed by atoms with E-state index in [2.05, 4.69) is 15.4 Å². The van der Waals surface area contributed by atoms with Gasteiger partial charge in [-0.05, 0) is 92.7 Å². The SMILES string of the molecule is CCc1nc(C2CCC(NC(=O)OC(C)C)CC2)sc1-c1ccc(NC(=O)OC(C)C)cc1S(=O)(=O)NC(C)(C)C. The second-order valence-corrected chi connectivity index (χ2v) is 14.7. The van der Waals surface area contributed by atoms with Crippen LogP contribution in [-0.2, 0) is 25.9 Å². The van der Waals surface area contributed by atoms with Crippen molar-refractivity contribution in [3.8, 4) is 10.4 Å². The molecule has 2 amide bonds. The third-order valence-corrected chi connectivity index (χ3v) is 9.43. The Morgan fingerprint density at radius 1 is 1.02 bits per heavy atom. The molecule has 1 heterocycles. The maximum absolute atomic E-state index is 13.6. The number of nitrogens with one attached hydrogen (secondary N) is 3. The van der Waals surface area contributed by atoms with Gasteiger partial charge in [-0.1, -0.05) is 13.0 Å². The van der Waals surface area contributed by atoms with Gasteiger partial charge in [-0.2, -0.15) is 0 Å². The number of anilines is 1. The molecule has 0 radical (unpaired) electrons. The predicted octanol–water partition coefficient (Wildman–Crippen LogP) is 6.57. The summed E-state index contributed by atoms with van der Waals surface area (Å²) in [6, 6.07) is 4.93. The van der Waals surface area contributed by atoms with Gasteiger partial charge in [-0.25, -0.2) is 27.7 Å². The number of hydrogen-bond donors (Lipinski definition) is 3. The minimum Gasteiger partial charge on any atom is -0.447 e. The minimum atomic E-state index is -3.96. The third kappa shape index (κ3) is 9.40. The largest absolute Gasteiger partial charge is 0.447 e. The van der Waals surface area contributed by atoms with Crippen LogP contribution >= 0.6 is 11.3 Å². The van der Waals surface area contributed by atoms with Crippen LogP contribution < -0.4 is 15.4 Å². The maximum atomic E-state index is 13.6. The summed E-state index contributed by atoms with van der Waals surface area (Å²) in [4.78, 5) is 30.1. The Morgan fingerprint density at radius 2 is 1.63 bits per heavy atom. The molecule has 41 heavy (non-hydrogen) atoms. The summed E-state index contributed by atoms with van der Waals surface area (Å²) in [5, 5.41) is 6.56. The molecule has 0 atom stereocenters. The zero-order valence-corrected chi connectivity index (χ0v) is 26.9. The van der Waals surface area contributed by atoms with E-state index in [1.54, 1.807) is 46.8 Å². The zero-order valence-electron chi connectivity index (χ0n) is 25.3. The van der Waals surface area contributed by atoms with Crippen LogP contribution in [0.1, 0.15) is 97.7 Å². The highest BCUT2D eigenvalue weighted by Gasteiger charge is 2.30. The Hall–Kier alpha value is -2.70. The number of benzene rings is 1. The van der Waals surface area contributed by atoms with Gasteiger partial charge in [0, 0.05) is 28.7 Å². The van der Waals surface area contributed by atoms with E-state index in [1.165, 1.54) is 17.4 Å². The Kier molecular flexibility index (Phi) is 10.8. The number of carbonyl (C=O) groups excluding carboxylic acids is 2. The van der Waals surface area contributed by atoms with Gasteiger partial charge in [0.25, 0.3) is 0 Å². The fourth-order valence-corrected chi connectivity index (χ4v) is 7.81. The van der Waals surface area contributed by atoms with Crippen LogP contribution in [-0.4, -0.2) is 49.4 Å². The molecule has 12 heteroatoms. The molecule has 2 aromatic rings. The van der Waals surface area contributed by atoms with Crippen LogP contribution in [0.4, 0.5) is 15.3 Å². The Balaban J connectivity index is 1.92. The van der Waals surface area contributed by atoms with Crippen molar-refractivity contribution in [3.05, 3.63) is 28.9 Å². The van der Waals surface area contributed by atoms with Crippen LogP contribution in [0.5, 0.6) is 0 Å². The molecular weight excluding hydrogens is 564 g/mol. The molecule has 0 saturated heterocycles. The molecular formula is C29H44N4O6S2. The molecule has 3 N–H and O–H groups in total. The summed E-state index contributed by atoms with van der Waals surface area (Å²) in [5.41, 5.74) is 0.977. The summed E-state index contributed by atoms with van der Waals surface area (Å²) in [5.74, 6) is 0.220. The molecule has 1 aromatic carbocycles. The highest BCUT2D eigenvalue weighted by atomic mass is 32.2. The first-order valence-electron chi connectivity index (χ1n) is 14.2. The number of sulfonamides is 1. The molecule has 1 saturated carbocycles. The highest BCUT2D eigenvalue weighted by molar-refractivity contribution is 7.89. The number of thiazole rings is 1. The average Bonchev–Trinajstić information content (AvgIpc) is 3.26. The molecule has 0 aliphatic heterocycles. The number of ether oxygens (including phenoxy) is 2. The van der Waals surface area contributed by atoms with E-state index >= 15 is 0 Å². The first kappa shape index (κ1) is 32.8. The van der Waals surface area contributed by atoms with Crippen molar-refractivity contribution < 1.29 is 27.5 Å². The van der Waals surface area contributed by atoms with Crippen molar-refractivity contribution in [2.45, 2.75) is 122 Å². The van der Waals surface area contributed by atoms with Crippen LogP contribution in [0.25, 0.3) is 10.4 Å². The highest BCUT2D eigenvalue weighted by Crippen LogP contribution is 2.42. The van der Waals surface area contributed by atoms with Crippen molar-refractivity contribution in [1.82, 2.24) is 15.0 Å². The van der Waals surface area contributed by atoms with Gasteiger partial charge in [0.15, 0.2) is 0 Å². The van der Waals surface area contributed by atoms with Crippen molar-refractivity contribution in [2.75, 3.05) is 5.32 Å². The second kappa shape index (κ2) is 13.5. The van der Waals surface area contributed by atoms with Gasteiger partial charge in [0.1, 0.15) is 0 Å². The van der Waals surface area contributed by atoms with E-state index in [4.69, 9.17) is 14.5 Å². The van der Waals surface area contributed by atoms with Crippen molar-refractivity contribution >= 4 is 39.2 Å². The van der Waals surface area contributed by atoms with E-state index in [-0.39, 0.29) is 35.2 Å². The first-order valence-corrected chi connectivity index (χ1v) is 16.5. The summed E-state index contributed by atoms with van der Waals surface area (Å²) in [6.07, 6.45) is 2.46. The Bertz CT molecular complexity index is 1320. The predicted molar refractivity (Wildman–Crippen MR) is 162 cm³/mol. The summed E-state index contributed by atoms with van der Waals surface area (Å²) in [7, 11) is -3.96. The smallest absolute Gasteiger partial charge is 0.411 e. The number of aromatic nitrogens is 1. The normalized spacial score (nSPS) is 17.9. The molecule has 228 valence electrons. The molecule has 1 aliphatic rings. The minimum absolute atomic E-state index is 0.0604. The average molecular weight is 609 g/mol. The summed E-state index contributed by atoms with van der Waals surface area (Å²) >= 11 is 1.52. The first-order chi connectivity index (χ1) is 19.1. The lowest BCUT2D eigenvalue weighted by Gasteiger charge is -2.28. The van der Waals surface area contributed by atoms with Crippen LogP contribution in [0.2, 0.25) is 0 Å². The summed E-state index contributed by atoms with van der Waals surface area (Å²) < 4.78 is 40.4. The molecule has 0 unspecified atom stereocenters. The van der Waals surface area contributed by atoms with E-state index in [0.29, 0.717) is 17.7 Å². The van der Waals surface area contributed by atoms with Gasteiger partial charge in [-0.3, -0.25) is 5.32 Å². The molecule has 0 spiro atoms. The van der Waals surface area contributed by atoms with Crippen LogP contribution in [0, 0.1) is 0 Å². The third-order valence-electron chi connectivity index (χ3n) is 6.34. The van der Waals surface area contributed by atoms with E-state index in [1.807, 2.05) is 20.8 Å². The maximum Gasteiger partial charge on any atom is 0.411 e. The van der Waals surface area contributed by atoms with Gasteiger partial charge in [0.05, 0.1) is 32.7 Å². The second-order valence-electron chi connectivity index (χ2n) is 12.0. The molecule has 0 bridgehead atoms. The summed E-state index contributed by atoms with van der Waals surface area (Å²) in [6.45, 7) is 14.5. The van der Waals surface area contributed by atoms with Crippen LogP contribution in [0.3, 0.4) is 0 Å². The number of nitrogens with zero attached hydrogens (tertiary/aromatic N) is 1. The fourth-order valence-electron chi connectivity index (χ4n) is 4.72. The van der Waals surface area contributed by atoms with Crippen molar-refractivity contribution in [3.63, 3.8) is 0 Å². The molecule has 1 aliphatic carbocycles. The lowest BCUT2D eigenvalue weighted by Crippen LogP contribution is -2.40. The standard InChI is InChI=1S/C29H44N4O6S2/c1-9-23-25(40-26(32-23)19-10-12-20(13-11-19)30-27(34)38-17(2)3)22-15-14-21(31-28(35)39-18(4)5)16-24(22)41(36,37)33-29(6,7)8/h14-20,33H,9-13H2,1-8H3,(H,30,34)(H,31,35). The molecule has 1 aromatic heterocycles. The van der Waals surface area contributed by atoms with Gasteiger partial charge in [0.2, 0.25) is 10.0 Å². The van der Waals surface area contributed by atoms with Gasteiger partial charge in [-0.15, -0.1) is 11.3 Å². The lowest BCUT2D eigenvalue weighted by molar-refractivity contribution is 0.109. The Labute approximate surface area is 248 Å². The Morgan fingerprint density at radius 3 is 2.20 bits per heavy atom. The monoisotopic (exact) mass is 608 g/mol. The van der Waals surface area contributed by atoms with E-state index in [9.17, 15) is 18.0 Å². The van der Waals surface area contributed by atoms with Crippen molar-refractivity contribution in [2.24, 2.45) is 0 Å². The van der Waals surface area contributed by atoms with Gasteiger partial charge >= 0.3 is 12.2 Å². The topological polar surface area (TPSA) is 136 Å². The number of carbonyl (C=O) groups is 2. The number of rotatable bonds is 9. The number of alkyl carbamates (subject to hydrolysis) is 1. The van der Waals surface area contributed by atoms with Crippen molar-refractivity contribution in [1.29, 1.82) is 0 Å². The fraction of sp³-hybridized carbons (Fsp3) is 0.621. The van der Waals surface area contributed by atoms with Gasteiger partial charge < -0.3 is 14.8 Å². The molecule has 10 nitrogen and oxygen atoms in total. The van der Waals surface area contributed by atoms with E-state index in [0.717, 1.165) is 41.3 Å².